The molecule has 1 aliphatic rings. The molecule has 0 spiro atoms. The lowest BCUT2D eigenvalue weighted by atomic mass is 10.0. The Hall–Kier alpha value is -1.86. The number of anilines is 1. The second kappa shape index (κ2) is 11.2. The average molecular weight is 447 g/mol. The molecule has 0 amide bonds. The van der Waals surface area contributed by atoms with Gasteiger partial charge in [0.2, 0.25) is 0 Å². The van der Waals surface area contributed by atoms with E-state index in [1.807, 2.05) is 12.1 Å². The molecule has 0 unspecified atom stereocenters. The summed E-state index contributed by atoms with van der Waals surface area (Å²) in [5.41, 5.74) is 7.20. The van der Waals surface area contributed by atoms with E-state index in [1.165, 1.54) is 31.4 Å². The summed E-state index contributed by atoms with van der Waals surface area (Å²) in [6.45, 7) is 2.02. The first-order valence-corrected chi connectivity index (χ1v) is 8.57. The molecule has 9 heteroatoms. The topological polar surface area (TPSA) is 56.8 Å². The predicted molar refractivity (Wildman–Crippen MR) is 118 cm³/mol. The zero-order chi connectivity index (χ0) is 17.1. The van der Waals surface area contributed by atoms with Gasteiger partial charge in [-0.2, -0.15) is 5.10 Å². The number of hydrogen-bond donors (Lipinski definition) is 2. The van der Waals surface area contributed by atoms with Crippen LogP contribution >= 0.6 is 37.2 Å². The SMILES string of the molecule is Cl.Cl.Cl.Fc1ccc(-c2[nH]nc(NN3CCCCC3)c2-c2ccncc2)cc1. The number of nitrogens with zero attached hydrogens (tertiary/aromatic N) is 3. The molecule has 28 heavy (non-hydrogen) atoms. The quantitative estimate of drug-likeness (QED) is 0.567. The lowest BCUT2D eigenvalue weighted by Gasteiger charge is -2.27. The van der Waals surface area contributed by atoms with Crippen molar-refractivity contribution in [2.75, 3.05) is 18.5 Å². The predicted octanol–water partition coefficient (Wildman–Crippen LogP) is 5.36. The van der Waals surface area contributed by atoms with E-state index in [1.54, 1.807) is 24.5 Å². The highest BCUT2D eigenvalue weighted by Crippen LogP contribution is 2.36. The van der Waals surface area contributed by atoms with Crippen LogP contribution in [0.25, 0.3) is 22.4 Å². The number of hydrazine groups is 1. The van der Waals surface area contributed by atoms with Crippen molar-refractivity contribution >= 4 is 43.0 Å². The monoisotopic (exact) mass is 445 g/mol. The summed E-state index contributed by atoms with van der Waals surface area (Å²) in [5, 5.41) is 9.82. The molecule has 0 aliphatic carbocycles. The highest BCUT2D eigenvalue weighted by atomic mass is 35.5. The van der Waals surface area contributed by atoms with Gasteiger partial charge in [0.25, 0.3) is 0 Å². The Morgan fingerprint density at radius 1 is 0.857 bits per heavy atom. The minimum absolute atomic E-state index is 0. The summed E-state index contributed by atoms with van der Waals surface area (Å²) in [6, 6.07) is 10.4. The normalized spacial score (nSPS) is 13.6. The van der Waals surface area contributed by atoms with Gasteiger partial charge in [-0.25, -0.2) is 9.40 Å². The molecule has 0 bridgehead atoms. The van der Waals surface area contributed by atoms with Crippen LogP contribution in [0, 0.1) is 5.82 Å². The summed E-state index contributed by atoms with van der Waals surface area (Å²) in [6.07, 6.45) is 7.18. The molecule has 2 N–H and O–H groups in total. The van der Waals surface area contributed by atoms with Gasteiger partial charge in [-0.3, -0.25) is 10.1 Å². The van der Waals surface area contributed by atoms with Gasteiger partial charge in [-0.05, 0) is 54.8 Å². The molecule has 0 atom stereocenters. The van der Waals surface area contributed by atoms with Gasteiger partial charge in [0.05, 0.1) is 11.3 Å². The third-order valence-electron chi connectivity index (χ3n) is 4.49. The highest BCUT2D eigenvalue weighted by Gasteiger charge is 2.19. The van der Waals surface area contributed by atoms with Gasteiger partial charge in [0.15, 0.2) is 5.82 Å². The fraction of sp³-hybridized carbons (Fsp3) is 0.263. The minimum Gasteiger partial charge on any atom is -0.301 e. The Morgan fingerprint density at radius 2 is 1.50 bits per heavy atom. The number of nitrogens with one attached hydrogen (secondary N) is 2. The lowest BCUT2D eigenvalue weighted by Crippen LogP contribution is -2.35. The van der Waals surface area contributed by atoms with Gasteiger partial charge in [0.1, 0.15) is 5.82 Å². The van der Waals surface area contributed by atoms with Crippen molar-refractivity contribution in [1.82, 2.24) is 20.2 Å². The summed E-state index contributed by atoms with van der Waals surface area (Å²) < 4.78 is 13.3. The van der Waals surface area contributed by atoms with Gasteiger partial charge in [0, 0.05) is 31.0 Å². The highest BCUT2D eigenvalue weighted by molar-refractivity contribution is 5.88. The largest absolute Gasteiger partial charge is 0.301 e. The van der Waals surface area contributed by atoms with Crippen molar-refractivity contribution in [3.05, 3.63) is 54.6 Å². The zero-order valence-electron chi connectivity index (χ0n) is 15.1. The summed E-state index contributed by atoms with van der Waals surface area (Å²) in [5.74, 6) is 0.535. The van der Waals surface area contributed by atoms with E-state index in [0.29, 0.717) is 0 Å². The minimum atomic E-state index is -0.250. The number of rotatable bonds is 4. The second-order valence-electron chi connectivity index (χ2n) is 6.22. The maximum Gasteiger partial charge on any atom is 0.170 e. The van der Waals surface area contributed by atoms with E-state index in [9.17, 15) is 4.39 Å². The fourth-order valence-corrected chi connectivity index (χ4v) is 3.20. The van der Waals surface area contributed by atoms with Gasteiger partial charge >= 0.3 is 0 Å². The van der Waals surface area contributed by atoms with Crippen molar-refractivity contribution in [2.45, 2.75) is 19.3 Å². The third-order valence-corrected chi connectivity index (χ3v) is 4.49. The van der Waals surface area contributed by atoms with Crippen LogP contribution in [0.4, 0.5) is 10.2 Å². The van der Waals surface area contributed by atoms with Crippen LogP contribution in [0.3, 0.4) is 0 Å². The number of hydrogen-bond acceptors (Lipinski definition) is 4. The van der Waals surface area contributed by atoms with Crippen LogP contribution in [0.5, 0.6) is 0 Å². The van der Waals surface area contributed by atoms with Crippen LogP contribution < -0.4 is 5.43 Å². The van der Waals surface area contributed by atoms with Crippen LogP contribution in [0.1, 0.15) is 19.3 Å². The number of benzene rings is 1. The molecule has 1 fully saturated rings. The van der Waals surface area contributed by atoms with E-state index in [0.717, 1.165) is 41.3 Å². The van der Waals surface area contributed by atoms with Crippen LogP contribution in [0.2, 0.25) is 0 Å². The molecule has 5 nitrogen and oxygen atoms in total. The zero-order valence-corrected chi connectivity index (χ0v) is 17.5. The Kier molecular flexibility index (Phi) is 9.69. The molecule has 4 rings (SSSR count). The summed E-state index contributed by atoms with van der Waals surface area (Å²) in [4.78, 5) is 4.10. The average Bonchev–Trinajstić information content (AvgIpc) is 3.07. The molecule has 0 saturated carbocycles. The van der Waals surface area contributed by atoms with Crippen molar-refractivity contribution in [3.63, 3.8) is 0 Å². The summed E-state index contributed by atoms with van der Waals surface area (Å²) in [7, 11) is 0. The second-order valence-corrected chi connectivity index (χ2v) is 6.22. The number of piperidine rings is 1. The lowest BCUT2D eigenvalue weighted by molar-refractivity contribution is 0.272. The Morgan fingerprint density at radius 3 is 2.14 bits per heavy atom. The molecule has 0 radical (unpaired) electrons. The molecule has 3 heterocycles. The van der Waals surface area contributed by atoms with Gasteiger partial charge < -0.3 is 5.43 Å². The standard InChI is InChI=1S/C19H20FN5.3ClH/c20-16-6-4-15(5-7-16)18-17(14-8-10-21-11-9-14)19(23-22-18)24-25-12-2-1-3-13-25;;;/h4-11H,1-3,12-13H2,(H2,22,23,24);3*1H. The number of aromatic amines is 1. The van der Waals surface area contributed by atoms with Crippen molar-refractivity contribution in [1.29, 1.82) is 0 Å². The van der Waals surface area contributed by atoms with Gasteiger partial charge in [-0.15, -0.1) is 37.2 Å². The van der Waals surface area contributed by atoms with E-state index in [-0.39, 0.29) is 43.0 Å². The van der Waals surface area contributed by atoms with Crippen molar-refractivity contribution in [2.24, 2.45) is 0 Å². The number of H-pyrrole nitrogens is 1. The first-order chi connectivity index (χ1) is 12.3. The number of halogens is 4. The molecular formula is C19H23Cl3FN5. The van der Waals surface area contributed by atoms with E-state index in [2.05, 4.69) is 25.6 Å². The van der Waals surface area contributed by atoms with Crippen LogP contribution in [-0.4, -0.2) is 33.3 Å². The Bertz CT molecular complexity index is 837. The molecule has 2 aromatic heterocycles. The van der Waals surface area contributed by atoms with Crippen molar-refractivity contribution < 1.29 is 4.39 Å². The number of aromatic nitrogens is 3. The molecule has 3 aromatic rings. The van der Waals surface area contributed by atoms with Crippen molar-refractivity contribution in [3.8, 4) is 22.4 Å². The van der Waals surface area contributed by atoms with E-state index in [4.69, 9.17) is 0 Å². The molecule has 1 aromatic carbocycles. The molecule has 152 valence electrons. The molecule has 1 saturated heterocycles. The van der Waals surface area contributed by atoms with Crippen LogP contribution in [-0.2, 0) is 0 Å². The molecule has 1 aliphatic heterocycles. The maximum absolute atomic E-state index is 13.3. The number of pyridine rings is 1. The smallest absolute Gasteiger partial charge is 0.170 e. The fourth-order valence-electron chi connectivity index (χ4n) is 3.20. The van der Waals surface area contributed by atoms with E-state index < -0.39 is 0 Å². The van der Waals surface area contributed by atoms with E-state index >= 15 is 0 Å². The molecular weight excluding hydrogens is 424 g/mol. The Labute approximate surface area is 182 Å². The first kappa shape index (κ1) is 24.2. The van der Waals surface area contributed by atoms with Crippen LogP contribution in [0.15, 0.2) is 48.8 Å². The summed E-state index contributed by atoms with van der Waals surface area (Å²) >= 11 is 0. The third kappa shape index (κ3) is 5.35. The Balaban J connectivity index is 0.00000131. The maximum atomic E-state index is 13.3. The van der Waals surface area contributed by atoms with Gasteiger partial charge in [-0.1, -0.05) is 6.42 Å². The first-order valence-electron chi connectivity index (χ1n) is 8.57.